The van der Waals surface area contributed by atoms with Crippen molar-refractivity contribution in [2.45, 2.75) is 25.8 Å². The molecule has 114 valence electrons. The maximum atomic E-state index is 12.0. The standard InChI is InChI=1S/C16H23N3O2/c20-12-13-5-3-8-18(11-13)9-4-10-19-15-7-2-1-6-14(15)17-16(19)21/h1-2,6-7,13,20H,3-5,8-12H2,(H,17,21). The summed E-state index contributed by atoms with van der Waals surface area (Å²) in [6.07, 6.45) is 3.26. The molecule has 1 fully saturated rings. The fourth-order valence-corrected chi connectivity index (χ4v) is 3.28. The number of hydrogen-bond acceptors (Lipinski definition) is 3. The minimum Gasteiger partial charge on any atom is -0.396 e. The summed E-state index contributed by atoms with van der Waals surface area (Å²) in [5.41, 5.74) is 1.86. The van der Waals surface area contributed by atoms with Gasteiger partial charge in [0.2, 0.25) is 0 Å². The molecule has 2 heterocycles. The first-order chi connectivity index (χ1) is 10.3. The van der Waals surface area contributed by atoms with Gasteiger partial charge in [0.1, 0.15) is 0 Å². The maximum absolute atomic E-state index is 12.0. The van der Waals surface area contributed by atoms with Gasteiger partial charge in [0, 0.05) is 19.7 Å². The SMILES string of the molecule is O=c1[nH]c2ccccc2n1CCCN1CCCC(CO)C1. The van der Waals surface area contributed by atoms with Crippen LogP contribution in [0.25, 0.3) is 11.0 Å². The Labute approximate surface area is 124 Å². The minimum absolute atomic E-state index is 0.0249. The van der Waals surface area contributed by atoms with Gasteiger partial charge in [0.25, 0.3) is 0 Å². The number of piperidine rings is 1. The van der Waals surface area contributed by atoms with Crippen molar-refractivity contribution >= 4 is 11.0 Å². The number of rotatable bonds is 5. The first kappa shape index (κ1) is 14.4. The topological polar surface area (TPSA) is 61.3 Å². The maximum Gasteiger partial charge on any atom is 0.326 e. The molecule has 21 heavy (non-hydrogen) atoms. The Morgan fingerprint density at radius 3 is 3.00 bits per heavy atom. The van der Waals surface area contributed by atoms with Gasteiger partial charge in [-0.2, -0.15) is 0 Å². The molecule has 0 amide bonds. The number of nitrogens with one attached hydrogen (secondary N) is 1. The first-order valence-electron chi connectivity index (χ1n) is 7.78. The lowest BCUT2D eigenvalue weighted by Crippen LogP contribution is -2.37. The van der Waals surface area contributed by atoms with Crippen LogP contribution in [-0.2, 0) is 6.54 Å². The predicted octanol–water partition coefficient (Wildman–Crippen LogP) is 1.42. The fourth-order valence-electron chi connectivity index (χ4n) is 3.28. The van der Waals surface area contributed by atoms with E-state index in [2.05, 4.69) is 9.88 Å². The summed E-state index contributed by atoms with van der Waals surface area (Å²) in [7, 11) is 0. The Hall–Kier alpha value is -1.59. The molecule has 0 bridgehead atoms. The van der Waals surface area contributed by atoms with Crippen molar-refractivity contribution in [3.05, 3.63) is 34.7 Å². The lowest BCUT2D eigenvalue weighted by molar-refractivity contribution is 0.119. The van der Waals surface area contributed by atoms with E-state index >= 15 is 0 Å². The van der Waals surface area contributed by atoms with Crippen molar-refractivity contribution in [1.82, 2.24) is 14.5 Å². The van der Waals surface area contributed by atoms with Gasteiger partial charge in [0.15, 0.2) is 0 Å². The Kier molecular flexibility index (Phi) is 4.41. The molecule has 1 aliphatic heterocycles. The predicted molar refractivity (Wildman–Crippen MR) is 83.4 cm³/mol. The molecule has 1 atom stereocenters. The number of aliphatic hydroxyl groups is 1. The summed E-state index contributed by atoms with van der Waals surface area (Å²) in [6, 6.07) is 7.81. The Morgan fingerprint density at radius 1 is 1.29 bits per heavy atom. The van der Waals surface area contributed by atoms with Crippen LogP contribution in [0.1, 0.15) is 19.3 Å². The van der Waals surface area contributed by atoms with Crippen LogP contribution >= 0.6 is 0 Å². The van der Waals surface area contributed by atoms with Gasteiger partial charge < -0.3 is 15.0 Å². The molecule has 5 heteroatoms. The van der Waals surface area contributed by atoms with E-state index in [1.807, 2.05) is 28.8 Å². The van der Waals surface area contributed by atoms with Crippen LogP contribution in [0, 0.1) is 5.92 Å². The van der Waals surface area contributed by atoms with Crippen LogP contribution in [0.2, 0.25) is 0 Å². The number of likely N-dealkylation sites (tertiary alicyclic amines) is 1. The van der Waals surface area contributed by atoms with E-state index in [9.17, 15) is 9.90 Å². The zero-order chi connectivity index (χ0) is 14.7. The molecule has 1 aromatic heterocycles. The quantitative estimate of drug-likeness (QED) is 0.875. The van der Waals surface area contributed by atoms with E-state index in [-0.39, 0.29) is 5.69 Å². The van der Waals surface area contributed by atoms with E-state index < -0.39 is 0 Å². The summed E-state index contributed by atoms with van der Waals surface area (Å²) in [6.45, 7) is 4.11. The summed E-state index contributed by atoms with van der Waals surface area (Å²) in [4.78, 5) is 17.3. The van der Waals surface area contributed by atoms with E-state index in [1.54, 1.807) is 0 Å². The average Bonchev–Trinajstić information content (AvgIpc) is 2.83. The van der Waals surface area contributed by atoms with Crippen LogP contribution in [0.3, 0.4) is 0 Å². The molecule has 1 aliphatic rings. The highest BCUT2D eigenvalue weighted by Gasteiger charge is 2.18. The zero-order valence-electron chi connectivity index (χ0n) is 12.3. The molecule has 0 radical (unpaired) electrons. The number of para-hydroxylation sites is 2. The number of imidazole rings is 1. The molecule has 1 saturated heterocycles. The number of aliphatic hydroxyl groups excluding tert-OH is 1. The second-order valence-corrected chi connectivity index (χ2v) is 5.94. The van der Waals surface area contributed by atoms with Crippen LogP contribution in [0.5, 0.6) is 0 Å². The van der Waals surface area contributed by atoms with Crippen molar-refractivity contribution in [2.24, 2.45) is 5.92 Å². The largest absolute Gasteiger partial charge is 0.396 e. The van der Waals surface area contributed by atoms with Crippen molar-refractivity contribution in [2.75, 3.05) is 26.2 Å². The highest BCUT2D eigenvalue weighted by Crippen LogP contribution is 2.16. The van der Waals surface area contributed by atoms with Crippen molar-refractivity contribution < 1.29 is 5.11 Å². The molecule has 3 rings (SSSR count). The molecule has 1 aromatic carbocycles. The number of H-pyrrole nitrogens is 1. The minimum atomic E-state index is -0.0249. The summed E-state index contributed by atoms with van der Waals surface area (Å²) in [5, 5.41) is 9.26. The fraction of sp³-hybridized carbons (Fsp3) is 0.562. The van der Waals surface area contributed by atoms with Crippen LogP contribution in [0.15, 0.2) is 29.1 Å². The molecule has 2 N–H and O–H groups in total. The number of aryl methyl sites for hydroxylation is 1. The van der Waals surface area contributed by atoms with Crippen molar-refractivity contribution in [1.29, 1.82) is 0 Å². The van der Waals surface area contributed by atoms with E-state index in [4.69, 9.17) is 0 Å². The Bertz CT molecular complexity index is 646. The molecular weight excluding hydrogens is 266 g/mol. The van der Waals surface area contributed by atoms with Gasteiger partial charge in [-0.3, -0.25) is 4.57 Å². The van der Waals surface area contributed by atoms with Crippen LogP contribution < -0.4 is 5.69 Å². The highest BCUT2D eigenvalue weighted by atomic mass is 16.3. The van der Waals surface area contributed by atoms with Gasteiger partial charge in [-0.25, -0.2) is 4.79 Å². The second-order valence-electron chi connectivity index (χ2n) is 5.94. The summed E-state index contributed by atoms with van der Waals surface area (Å²) < 4.78 is 1.82. The smallest absolute Gasteiger partial charge is 0.326 e. The van der Waals surface area contributed by atoms with Crippen LogP contribution in [-0.4, -0.2) is 45.8 Å². The monoisotopic (exact) mass is 289 g/mol. The van der Waals surface area contributed by atoms with Gasteiger partial charge in [-0.05, 0) is 50.4 Å². The lowest BCUT2D eigenvalue weighted by atomic mass is 9.99. The second kappa shape index (κ2) is 6.45. The molecule has 1 unspecified atom stereocenters. The third kappa shape index (κ3) is 3.19. The Morgan fingerprint density at radius 2 is 2.14 bits per heavy atom. The number of benzene rings is 1. The molecule has 0 aliphatic carbocycles. The van der Waals surface area contributed by atoms with Gasteiger partial charge >= 0.3 is 5.69 Å². The summed E-state index contributed by atoms with van der Waals surface area (Å²) in [5.74, 6) is 0.426. The molecule has 5 nitrogen and oxygen atoms in total. The Balaban J connectivity index is 1.59. The van der Waals surface area contributed by atoms with Gasteiger partial charge in [-0.1, -0.05) is 12.1 Å². The third-order valence-corrected chi connectivity index (χ3v) is 4.40. The number of aromatic nitrogens is 2. The summed E-state index contributed by atoms with van der Waals surface area (Å²) >= 11 is 0. The zero-order valence-corrected chi connectivity index (χ0v) is 12.3. The van der Waals surface area contributed by atoms with Crippen molar-refractivity contribution in [3.8, 4) is 0 Å². The lowest BCUT2D eigenvalue weighted by Gasteiger charge is -2.31. The van der Waals surface area contributed by atoms with E-state index in [0.29, 0.717) is 12.5 Å². The molecule has 0 saturated carbocycles. The van der Waals surface area contributed by atoms with Gasteiger partial charge in [0.05, 0.1) is 11.0 Å². The number of fused-ring (bicyclic) bond motifs is 1. The number of aromatic amines is 1. The van der Waals surface area contributed by atoms with E-state index in [0.717, 1.165) is 56.5 Å². The first-order valence-corrected chi connectivity index (χ1v) is 7.78. The molecule has 0 spiro atoms. The highest BCUT2D eigenvalue weighted by molar-refractivity contribution is 5.74. The van der Waals surface area contributed by atoms with E-state index in [1.165, 1.54) is 0 Å². The van der Waals surface area contributed by atoms with Crippen molar-refractivity contribution in [3.63, 3.8) is 0 Å². The average molecular weight is 289 g/mol. The van der Waals surface area contributed by atoms with Crippen LogP contribution in [0.4, 0.5) is 0 Å². The number of hydrogen-bond donors (Lipinski definition) is 2. The molecule has 2 aromatic rings. The number of nitrogens with zero attached hydrogens (tertiary/aromatic N) is 2. The normalized spacial score (nSPS) is 20.1. The third-order valence-electron chi connectivity index (χ3n) is 4.40. The van der Waals surface area contributed by atoms with Gasteiger partial charge in [-0.15, -0.1) is 0 Å². The molecular formula is C16H23N3O2.